The van der Waals surface area contributed by atoms with Gasteiger partial charge >= 0.3 is 5.97 Å². The fraction of sp³-hybridized carbons (Fsp3) is 0.278. The number of ether oxygens (including phenoxy) is 1. The van der Waals surface area contributed by atoms with Crippen molar-refractivity contribution in [2.45, 2.75) is 24.3 Å². The van der Waals surface area contributed by atoms with Gasteiger partial charge in [-0.15, -0.1) is 0 Å². The number of hydrogen-bond acceptors (Lipinski definition) is 5. The number of nitriles is 1. The van der Waals surface area contributed by atoms with Crippen molar-refractivity contribution in [1.82, 2.24) is 4.98 Å². The summed E-state index contributed by atoms with van der Waals surface area (Å²) in [5.41, 5.74) is 4.80. The number of fused-ring (bicyclic) bond motifs is 1. The standard InChI is InChI=1S/C18H16N2O2S/c1-22-16(21)11-23-18-14(10-19)17(12-6-3-2-4-7-12)13-8-5-9-15(13)20-18/h2-4,6-7H,5,8-9,11H2,1H3. The third kappa shape index (κ3) is 3.08. The lowest BCUT2D eigenvalue weighted by Gasteiger charge is -2.14. The van der Waals surface area contributed by atoms with Crippen LogP contribution in [-0.2, 0) is 22.4 Å². The minimum absolute atomic E-state index is 0.158. The molecule has 0 aliphatic heterocycles. The summed E-state index contributed by atoms with van der Waals surface area (Å²) in [5, 5.41) is 10.3. The van der Waals surface area contributed by atoms with E-state index in [4.69, 9.17) is 0 Å². The van der Waals surface area contributed by atoms with Gasteiger partial charge in [0.2, 0.25) is 0 Å². The predicted octanol–water partition coefficient (Wildman–Crippen LogP) is 3.37. The van der Waals surface area contributed by atoms with Crippen LogP contribution in [0.1, 0.15) is 23.2 Å². The number of rotatable bonds is 4. The second-order valence-corrected chi connectivity index (χ2v) is 6.25. The van der Waals surface area contributed by atoms with Crippen LogP contribution in [-0.4, -0.2) is 23.8 Å². The highest BCUT2D eigenvalue weighted by Crippen LogP contribution is 2.38. The molecule has 5 heteroatoms. The van der Waals surface area contributed by atoms with Gasteiger partial charge in [-0.2, -0.15) is 5.26 Å². The molecule has 1 aliphatic carbocycles. The first-order valence-corrected chi connectivity index (χ1v) is 8.44. The van der Waals surface area contributed by atoms with E-state index in [9.17, 15) is 10.1 Å². The summed E-state index contributed by atoms with van der Waals surface area (Å²) in [6, 6.07) is 12.2. The molecule has 1 aliphatic rings. The minimum Gasteiger partial charge on any atom is -0.468 e. The highest BCUT2D eigenvalue weighted by molar-refractivity contribution is 7.99. The van der Waals surface area contributed by atoms with Crippen LogP contribution < -0.4 is 0 Å². The molecule has 23 heavy (non-hydrogen) atoms. The molecule has 2 aromatic rings. The van der Waals surface area contributed by atoms with Crippen molar-refractivity contribution in [3.05, 3.63) is 47.2 Å². The zero-order valence-electron chi connectivity index (χ0n) is 12.8. The van der Waals surface area contributed by atoms with Crippen molar-refractivity contribution >= 4 is 17.7 Å². The molecule has 0 radical (unpaired) electrons. The number of aryl methyl sites for hydroxylation is 1. The third-order valence-corrected chi connectivity index (χ3v) is 4.87. The summed E-state index contributed by atoms with van der Waals surface area (Å²) in [5.74, 6) is -0.159. The van der Waals surface area contributed by atoms with Crippen LogP contribution >= 0.6 is 11.8 Å². The molecule has 0 N–H and O–H groups in total. The van der Waals surface area contributed by atoms with Gasteiger partial charge in [-0.3, -0.25) is 4.79 Å². The van der Waals surface area contributed by atoms with Crippen molar-refractivity contribution in [3.8, 4) is 17.2 Å². The fourth-order valence-electron chi connectivity index (χ4n) is 2.87. The maximum absolute atomic E-state index is 11.4. The van der Waals surface area contributed by atoms with Crippen LogP contribution in [0, 0.1) is 11.3 Å². The Kier molecular flexibility index (Phi) is 4.63. The molecule has 0 saturated carbocycles. The topological polar surface area (TPSA) is 63.0 Å². The van der Waals surface area contributed by atoms with Crippen molar-refractivity contribution in [1.29, 1.82) is 5.26 Å². The second-order valence-electron chi connectivity index (χ2n) is 5.29. The van der Waals surface area contributed by atoms with Crippen LogP contribution in [0.2, 0.25) is 0 Å². The Hall–Kier alpha value is -2.32. The molecule has 116 valence electrons. The number of hydrogen-bond donors (Lipinski definition) is 0. The van der Waals surface area contributed by atoms with Crippen LogP contribution in [0.4, 0.5) is 0 Å². The van der Waals surface area contributed by atoms with Gasteiger partial charge in [0.25, 0.3) is 0 Å². The van der Waals surface area contributed by atoms with Crippen LogP contribution in [0.15, 0.2) is 35.4 Å². The lowest BCUT2D eigenvalue weighted by atomic mass is 9.95. The van der Waals surface area contributed by atoms with E-state index in [1.165, 1.54) is 24.4 Å². The lowest BCUT2D eigenvalue weighted by Crippen LogP contribution is -2.06. The van der Waals surface area contributed by atoms with Gasteiger partial charge in [-0.1, -0.05) is 42.1 Å². The van der Waals surface area contributed by atoms with Crippen molar-refractivity contribution in [3.63, 3.8) is 0 Å². The molecule has 0 unspecified atom stereocenters. The number of thioether (sulfide) groups is 1. The molecule has 4 nitrogen and oxygen atoms in total. The number of methoxy groups -OCH3 is 1. The molecule has 0 atom stereocenters. The number of carbonyl (C=O) groups excluding carboxylic acids is 1. The van der Waals surface area contributed by atoms with Gasteiger partial charge < -0.3 is 4.74 Å². The number of pyridine rings is 1. The zero-order chi connectivity index (χ0) is 16.2. The first kappa shape index (κ1) is 15.6. The fourth-order valence-corrected chi connectivity index (χ4v) is 3.71. The number of carbonyl (C=O) groups is 1. The summed E-state index contributed by atoms with van der Waals surface area (Å²) < 4.78 is 4.68. The van der Waals surface area contributed by atoms with Crippen molar-refractivity contribution in [2.24, 2.45) is 0 Å². The zero-order valence-corrected chi connectivity index (χ0v) is 13.7. The van der Waals surface area contributed by atoms with E-state index in [1.807, 2.05) is 30.3 Å². The molecule has 0 bridgehead atoms. The van der Waals surface area contributed by atoms with Gasteiger partial charge in [-0.25, -0.2) is 4.98 Å². The Morgan fingerprint density at radius 2 is 2.13 bits per heavy atom. The molecule has 0 fully saturated rings. The van der Waals surface area contributed by atoms with Crippen LogP contribution in [0.5, 0.6) is 0 Å². The molecule has 1 heterocycles. The highest BCUT2D eigenvalue weighted by Gasteiger charge is 2.24. The average molecular weight is 324 g/mol. The molecule has 0 saturated heterocycles. The summed E-state index contributed by atoms with van der Waals surface area (Å²) >= 11 is 1.27. The number of esters is 1. The quantitative estimate of drug-likeness (QED) is 0.637. The van der Waals surface area contributed by atoms with E-state index in [1.54, 1.807) is 0 Å². The normalized spacial score (nSPS) is 12.5. The van der Waals surface area contributed by atoms with Crippen LogP contribution in [0.3, 0.4) is 0 Å². The van der Waals surface area contributed by atoms with E-state index in [0.717, 1.165) is 36.1 Å². The third-order valence-electron chi connectivity index (χ3n) is 3.92. The molecular formula is C18H16N2O2S. The maximum Gasteiger partial charge on any atom is 0.316 e. The number of nitrogens with zero attached hydrogens (tertiary/aromatic N) is 2. The monoisotopic (exact) mass is 324 g/mol. The molecule has 1 aromatic carbocycles. The minimum atomic E-state index is -0.317. The van der Waals surface area contributed by atoms with Crippen LogP contribution in [0.25, 0.3) is 11.1 Å². The molecule has 0 amide bonds. The second kappa shape index (κ2) is 6.84. The highest BCUT2D eigenvalue weighted by atomic mass is 32.2. The van der Waals surface area contributed by atoms with Gasteiger partial charge in [0, 0.05) is 11.3 Å². The Labute approximate surface area is 139 Å². The largest absolute Gasteiger partial charge is 0.468 e. The number of benzene rings is 1. The first-order valence-electron chi connectivity index (χ1n) is 7.45. The Balaban J connectivity index is 2.12. The summed E-state index contributed by atoms with van der Waals surface area (Å²) in [7, 11) is 1.36. The summed E-state index contributed by atoms with van der Waals surface area (Å²) in [6.07, 6.45) is 2.92. The van der Waals surface area contributed by atoms with Crippen molar-refractivity contribution in [2.75, 3.05) is 12.9 Å². The SMILES string of the molecule is COC(=O)CSc1nc2c(c(-c3ccccc3)c1C#N)CCC2. The smallest absolute Gasteiger partial charge is 0.316 e. The molecule has 0 spiro atoms. The van der Waals surface area contributed by atoms with Gasteiger partial charge in [0.1, 0.15) is 11.1 Å². The Bertz CT molecular complexity index is 782. The first-order chi connectivity index (χ1) is 11.2. The predicted molar refractivity (Wildman–Crippen MR) is 89.2 cm³/mol. The molecular weight excluding hydrogens is 308 g/mol. The Morgan fingerprint density at radius 1 is 1.35 bits per heavy atom. The lowest BCUT2D eigenvalue weighted by molar-refractivity contribution is -0.137. The van der Waals surface area contributed by atoms with E-state index < -0.39 is 0 Å². The van der Waals surface area contributed by atoms with E-state index >= 15 is 0 Å². The summed E-state index contributed by atoms with van der Waals surface area (Å²) in [6.45, 7) is 0. The number of aromatic nitrogens is 1. The van der Waals surface area contributed by atoms with Gasteiger partial charge in [-0.05, 0) is 30.4 Å². The molecule has 1 aromatic heterocycles. The van der Waals surface area contributed by atoms with Gasteiger partial charge in [0.05, 0.1) is 18.4 Å². The van der Waals surface area contributed by atoms with E-state index in [-0.39, 0.29) is 11.7 Å². The van der Waals surface area contributed by atoms with E-state index in [2.05, 4.69) is 15.8 Å². The van der Waals surface area contributed by atoms with Gasteiger partial charge in [0.15, 0.2) is 0 Å². The Morgan fingerprint density at radius 3 is 2.83 bits per heavy atom. The van der Waals surface area contributed by atoms with E-state index in [0.29, 0.717) is 10.6 Å². The summed E-state index contributed by atoms with van der Waals surface area (Å²) in [4.78, 5) is 16.1. The molecule has 3 rings (SSSR count). The average Bonchev–Trinajstić information content (AvgIpc) is 3.06. The van der Waals surface area contributed by atoms with Crippen molar-refractivity contribution < 1.29 is 9.53 Å². The maximum atomic E-state index is 11.4.